The van der Waals surface area contributed by atoms with Gasteiger partial charge in [-0.15, -0.1) is 0 Å². The summed E-state index contributed by atoms with van der Waals surface area (Å²) in [6, 6.07) is 21.2. The highest BCUT2D eigenvalue weighted by atomic mass is 16.5. The number of benzene rings is 3. The normalized spacial score (nSPS) is 12.8. The maximum Gasteiger partial charge on any atom is 0.343 e. The topological polar surface area (TPSA) is 63.7 Å². The van der Waals surface area contributed by atoms with Crippen molar-refractivity contribution in [2.75, 3.05) is 6.54 Å². The zero-order valence-electron chi connectivity index (χ0n) is 15.9. The van der Waals surface area contributed by atoms with Gasteiger partial charge in [-0.05, 0) is 54.8 Å². The first kappa shape index (κ1) is 18.6. The van der Waals surface area contributed by atoms with Crippen LogP contribution in [0, 0.1) is 6.92 Å². The zero-order chi connectivity index (χ0) is 20.4. The molecular formula is C24H19NO4. The number of rotatable bonds is 5. The van der Waals surface area contributed by atoms with Gasteiger partial charge in [-0.3, -0.25) is 14.5 Å². The maximum absolute atomic E-state index is 12.4. The zero-order valence-corrected chi connectivity index (χ0v) is 15.9. The molecule has 1 aliphatic rings. The lowest BCUT2D eigenvalue weighted by Gasteiger charge is -2.14. The Morgan fingerprint density at radius 2 is 1.41 bits per heavy atom. The van der Waals surface area contributed by atoms with Crippen molar-refractivity contribution in [2.24, 2.45) is 0 Å². The van der Waals surface area contributed by atoms with E-state index in [-0.39, 0.29) is 11.8 Å². The lowest BCUT2D eigenvalue weighted by molar-refractivity contribution is 0.0654. The molecule has 5 heteroatoms. The number of esters is 1. The van der Waals surface area contributed by atoms with E-state index in [2.05, 4.69) is 0 Å². The first-order chi connectivity index (χ1) is 14.0. The van der Waals surface area contributed by atoms with Crippen LogP contribution in [0.2, 0.25) is 0 Å². The Balaban J connectivity index is 1.38. The average molecular weight is 385 g/mol. The van der Waals surface area contributed by atoms with Crippen molar-refractivity contribution in [3.63, 3.8) is 0 Å². The average Bonchev–Trinajstić information content (AvgIpc) is 2.98. The lowest BCUT2D eigenvalue weighted by atomic mass is 10.1. The van der Waals surface area contributed by atoms with Crippen LogP contribution in [0.4, 0.5) is 0 Å². The number of nitrogens with zero attached hydrogens (tertiary/aromatic N) is 1. The Bertz CT molecular complexity index is 1070. The standard InChI is InChI=1S/C24H19NO4/c1-16-6-2-3-7-19(16)24(28)29-18-12-10-17(11-13-18)14-15-25-22(26)20-8-4-5-9-21(20)23(25)27/h2-13H,14-15H2,1H3. The number of carbonyl (C=O) groups excluding carboxylic acids is 3. The van der Waals surface area contributed by atoms with Gasteiger partial charge in [-0.25, -0.2) is 4.79 Å². The Kier molecular flexibility index (Phi) is 4.96. The van der Waals surface area contributed by atoms with Crippen molar-refractivity contribution in [3.8, 4) is 5.75 Å². The highest BCUT2D eigenvalue weighted by Crippen LogP contribution is 2.23. The van der Waals surface area contributed by atoms with Gasteiger partial charge >= 0.3 is 5.97 Å². The van der Waals surface area contributed by atoms with Crippen molar-refractivity contribution in [2.45, 2.75) is 13.3 Å². The van der Waals surface area contributed by atoms with Crippen LogP contribution >= 0.6 is 0 Å². The van der Waals surface area contributed by atoms with E-state index < -0.39 is 5.97 Å². The van der Waals surface area contributed by atoms with E-state index >= 15 is 0 Å². The summed E-state index contributed by atoms with van der Waals surface area (Å²) in [7, 11) is 0. The quantitative estimate of drug-likeness (QED) is 0.378. The second-order valence-corrected chi connectivity index (χ2v) is 6.91. The molecule has 29 heavy (non-hydrogen) atoms. The van der Waals surface area contributed by atoms with Gasteiger partial charge in [0.05, 0.1) is 16.7 Å². The second kappa shape index (κ2) is 7.72. The Labute approximate surface area is 168 Å². The molecule has 0 bridgehead atoms. The molecular weight excluding hydrogens is 366 g/mol. The van der Waals surface area contributed by atoms with Gasteiger partial charge in [-0.1, -0.05) is 42.5 Å². The van der Waals surface area contributed by atoms with Gasteiger partial charge in [0.15, 0.2) is 0 Å². The summed E-state index contributed by atoms with van der Waals surface area (Å²) < 4.78 is 5.43. The van der Waals surface area contributed by atoms with Crippen LogP contribution in [0.15, 0.2) is 72.8 Å². The van der Waals surface area contributed by atoms with Crippen LogP contribution in [-0.2, 0) is 6.42 Å². The minimum Gasteiger partial charge on any atom is -0.423 e. The van der Waals surface area contributed by atoms with Crippen LogP contribution in [0.1, 0.15) is 42.2 Å². The van der Waals surface area contributed by atoms with Gasteiger partial charge in [-0.2, -0.15) is 0 Å². The molecule has 3 aromatic carbocycles. The van der Waals surface area contributed by atoms with E-state index in [1.165, 1.54) is 4.90 Å². The molecule has 0 spiro atoms. The number of carbonyl (C=O) groups is 3. The van der Waals surface area contributed by atoms with Gasteiger partial charge < -0.3 is 4.74 Å². The SMILES string of the molecule is Cc1ccccc1C(=O)Oc1ccc(CCN2C(=O)c3ccccc3C2=O)cc1. The molecule has 0 saturated heterocycles. The maximum atomic E-state index is 12.4. The third kappa shape index (κ3) is 3.67. The number of aryl methyl sites for hydroxylation is 1. The summed E-state index contributed by atoms with van der Waals surface area (Å²) in [6.45, 7) is 2.16. The first-order valence-electron chi connectivity index (χ1n) is 9.36. The first-order valence-corrected chi connectivity index (χ1v) is 9.36. The highest BCUT2D eigenvalue weighted by Gasteiger charge is 2.34. The van der Waals surface area contributed by atoms with E-state index in [1.54, 1.807) is 48.5 Å². The smallest absolute Gasteiger partial charge is 0.343 e. The fraction of sp³-hybridized carbons (Fsp3) is 0.125. The molecule has 5 nitrogen and oxygen atoms in total. The lowest BCUT2D eigenvalue weighted by Crippen LogP contribution is -2.31. The van der Waals surface area contributed by atoms with Crippen LogP contribution in [0.5, 0.6) is 5.75 Å². The second-order valence-electron chi connectivity index (χ2n) is 6.91. The predicted molar refractivity (Wildman–Crippen MR) is 108 cm³/mol. The molecule has 0 atom stereocenters. The van der Waals surface area contributed by atoms with E-state index in [0.29, 0.717) is 35.4 Å². The summed E-state index contributed by atoms with van der Waals surface area (Å²) in [5, 5.41) is 0. The van der Waals surface area contributed by atoms with Crippen LogP contribution in [0.3, 0.4) is 0 Å². The van der Waals surface area contributed by atoms with Crippen LogP contribution in [-0.4, -0.2) is 29.2 Å². The predicted octanol–water partition coefficient (Wildman–Crippen LogP) is 4.05. The fourth-order valence-electron chi connectivity index (χ4n) is 3.37. The molecule has 0 fully saturated rings. The van der Waals surface area contributed by atoms with Gasteiger partial charge in [0.2, 0.25) is 0 Å². The number of hydrogen-bond acceptors (Lipinski definition) is 4. The molecule has 0 N–H and O–H groups in total. The number of ether oxygens (including phenoxy) is 1. The van der Waals surface area contributed by atoms with E-state index in [4.69, 9.17) is 4.74 Å². The summed E-state index contributed by atoms with van der Waals surface area (Å²) in [6.07, 6.45) is 0.525. The molecule has 2 amide bonds. The summed E-state index contributed by atoms with van der Waals surface area (Å²) in [5.41, 5.74) is 3.24. The molecule has 144 valence electrons. The van der Waals surface area contributed by atoms with Crippen molar-refractivity contribution in [1.82, 2.24) is 4.90 Å². The Morgan fingerprint density at radius 3 is 2.03 bits per heavy atom. The Morgan fingerprint density at radius 1 is 0.828 bits per heavy atom. The molecule has 0 radical (unpaired) electrons. The molecule has 0 unspecified atom stereocenters. The molecule has 0 saturated carbocycles. The third-order valence-corrected chi connectivity index (χ3v) is 5.00. The van der Waals surface area contributed by atoms with E-state index in [0.717, 1.165) is 11.1 Å². The number of amides is 2. The monoisotopic (exact) mass is 385 g/mol. The number of fused-ring (bicyclic) bond motifs is 1. The van der Waals surface area contributed by atoms with E-state index in [9.17, 15) is 14.4 Å². The van der Waals surface area contributed by atoms with Gasteiger partial charge in [0.25, 0.3) is 11.8 Å². The van der Waals surface area contributed by atoms with E-state index in [1.807, 2.05) is 31.2 Å². The number of hydrogen-bond donors (Lipinski definition) is 0. The molecule has 0 aromatic heterocycles. The third-order valence-electron chi connectivity index (χ3n) is 5.00. The van der Waals surface area contributed by atoms with Gasteiger partial charge in [0, 0.05) is 6.54 Å². The molecule has 1 aliphatic heterocycles. The molecule has 4 rings (SSSR count). The van der Waals surface area contributed by atoms with Crippen LogP contribution < -0.4 is 4.74 Å². The van der Waals surface area contributed by atoms with Crippen molar-refractivity contribution in [1.29, 1.82) is 0 Å². The number of imide groups is 1. The van der Waals surface area contributed by atoms with Crippen molar-refractivity contribution in [3.05, 3.63) is 101 Å². The minimum atomic E-state index is -0.401. The summed E-state index contributed by atoms with van der Waals surface area (Å²) in [4.78, 5) is 38.4. The molecule has 0 aliphatic carbocycles. The summed E-state index contributed by atoms with van der Waals surface area (Å²) in [5.74, 6) is -0.464. The Hall–Kier alpha value is -3.73. The highest BCUT2D eigenvalue weighted by molar-refractivity contribution is 6.21. The fourth-order valence-corrected chi connectivity index (χ4v) is 3.37. The van der Waals surface area contributed by atoms with Crippen molar-refractivity contribution < 1.29 is 19.1 Å². The molecule has 3 aromatic rings. The van der Waals surface area contributed by atoms with Crippen molar-refractivity contribution >= 4 is 17.8 Å². The molecule has 1 heterocycles. The summed E-state index contributed by atoms with van der Waals surface area (Å²) >= 11 is 0. The van der Waals surface area contributed by atoms with Gasteiger partial charge in [0.1, 0.15) is 5.75 Å². The van der Waals surface area contributed by atoms with Crippen LogP contribution in [0.25, 0.3) is 0 Å². The largest absolute Gasteiger partial charge is 0.423 e. The minimum absolute atomic E-state index is 0.255.